The van der Waals surface area contributed by atoms with Crippen LogP contribution in [0.15, 0.2) is 5.38 Å². The number of hydrogen-bond donors (Lipinski definition) is 1. The van der Waals surface area contributed by atoms with E-state index in [1.54, 1.807) is 11.3 Å². The molecule has 96 valence electrons. The number of hydrogen-bond acceptors (Lipinski definition) is 6. The predicted molar refractivity (Wildman–Crippen MR) is 74.2 cm³/mol. The van der Waals surface area contributed by atoms with Crippen molar-refractivity contribution in [3.05, 3.63) is 14.7 Å². The summed E-state index contributed by atoms with van der Waals surface area (Å²) in [6.45, 7) is 1.87. The maximum absolute atomic E-state index is 6.16. The van der Waals surface area contributed by atoms with E-state index >= 15 is 0 Å². The van der Waals surface area contributed by atoms with Crippen molar-refractivity contribution < 1.29 is 9.47 Å². The number of halogens is 1. The molecule has 0 atom stereocenters. The third-order valence-electron chi connectivity index (χ3n) is 2.47. The topological polar surface area (TPSA) is 43.4 Å². The van der Waals surface area contributed by atoms with E-state index in [0.717, 1.165) is 27.9 Å². The zero-order valence-corrected chi connectivity index (χ0v) is 12.0. The zero-order valence-electron chi connectivity index (χ0n) is 9.66. The van der Waals surface area contributed by atoms with Gasteiger partial charge in [0.2, 0.25) is 0 Å². The highest BCUT2D eigenvalue weighted by Gasteiger charge is 2.25. The lowest BCUT2D eigenvalue weighted by molar-refractivity contribution is 0.174. The Balaban J connectivity index is 2.00. The number of nitrogens with zero attached hydrogens (tertiary/aromatic N) is 1. The molecule has 3 heterocycles. The van der Waals surface area contributed by atoms with E-state index < -0.39 is 0 Å². The number of thiazole rings is 1. The summed E-state index contributed by atoms with van der Waals surface area (Å²) in [5.41, 5.74) is 0.906. The van der Waals surface area contributed by atoms with Crippen molar-refractivity contribution in [3.63, 3.8) is 0 Å². The molecule has 0 aliphatic carbocycles. The fourth-order valence-corrected chi connectivity index (χ4v) is 3.85. The molecule has 1 aliphatic rings. The average Bonchev–Trinajstić information content (AvgIpc) is 2.96. The van der Waals surface area contributed by atoms with E-state index in [4.69, 9.17) is 21.1 Å². The largest absolute Gasteiger partial charge is 0.484 e. The van der Waals surface area contributed by atoms with Gasteiger partial charge in [0.05, 0.1) is 5.69 Å². The van der Waals surface area contributed by atoms with Gasteiger partial charge >= 0.3 is 0 Å². The lowest BCUT2D eigenvalue weighted by atomic mass is 10.3. The normalized spacial score (nSPS) is 13.9. The number of fused-ring (bicyclic) bond motifs is 1. The van der Waals surface area contributed by atoms with E-state index in [1.165, 1.54) is 11.3 Å². The van der Waals surface area contributed by atoms with Gasteiger partial charge in [-0.05, 0) is 7.05 Å². The van der Waals surface area contributed by atoms with Crippen LogP contribution in [0, 0.1) is 0 Å². The molecular weight excluding hydrogens is 292 g/mol. The summed E-state index contributed by atoms with van der Waals surface area (Å²) in [6.07, 6.45) is 0. The Bertz CT molecular complexity index is 567. The van der Waals surface area contributed by atoms with Crippen molar-refractivity contribution in [2.24, 2.45) is 0 Å². The van der Waals surface area contributed by atoms with Crippen molar-refractivity contribution >= 4 is 34.3 Å². The highest BCUT2D eigenvalue weighted by Crippen LogP contribution is 2.51. The molecule has 18 heavy (non-hydrogen) atoms. The van der Waals surface area contributed by atoms with Crippen LogP contribution < -0.4 is 14.8 Å². The van der Waals surface area contributed by atoms with Crippen LogP contribution in [-0.2, 0) is 6.54 Å². The minimum Gasteiger partial charge on any atom is -0.484 e. The van der Waals surface area contributed by atoms with Gasteiger partial charge in [0.15, 0.2) is 11.5 Å². The molecule has 0 spiro atoms. The van der Waals surface area contributed by atoms with Gasteiger partial charge in [0.25, 0.3) is 0 Å². The molecule has 1 N–H and O–H groups in total. The molecule has 0 aromatic carbocycles. The number of thiophene rings is 1. The minimum atomic E-state index is 0.547. The fourth-order valence-electron chi connectivity index (χ4n) is 1.73. The first kappa shape index (κ1) is 12.2. The van der Waals surface area contributed by atoms with E-state index in [0.29, 0.717) is 23.3 Å². The van der Waals surface area contributed by atoms with E-state index in [1.807, 2.05) is 12.4 Å². The predicted octanol–water partition coefficient (Wildman–Crippen LogP) is 3.02. The smallest absolute Gasteiger partial charge is 0.191 e. The molecule has 4 nitrogen and oxygen atoms in total. The van der Waals surface area contributed by atoms with Crippen molar-refractivity contribution in [1.82, 2.24) is 10.3 Å². The third kappa shape index (κ3) is 2.09. The summed E-state index contributed by atoms with van der Waals surface area (Å²) in [5, 5.41) is 6.15. The summed E-state index contributed by atoms with van der Waals surface area (Å²) < 4.78 is 11.8. The maximum Gasteiger partial charge on any atom is 0.191 e. The van der Waals surface area contributed by atoms with Gasteiger partial charge in [-0.2, -0.15) is 0 Å². The summed E-state index contributed by atoms with van der Waals surface area (Å²) in [5.74, 6) is 1.39. The van der Waals surface area contributed by atoms with Crippen molar-refractivity contribution in [3.8, 4) is 22.1 Å². The van der Waals surface area contributed by atoms with Gasteiger partial charge in [-0.25, -0.2) is 4.98 Å². The van der Waals surface area contributed by atoms with E-state index in [2.05, 4.69) is 10.3 Å². The maximum atomic E-state index is 6.16. The molecule has 1 aliphatic heterocycles. The second kappa shape index (κ2) is 5.05. The van der Waals surface area contributed by atoms with Gasteiger partial charge in [-0.1, -0.05) is 11.6 Å². The van der Waals surface area contributed by atoms with Crippen molar-refractivity contribution in [1.29, 1.82) is 0 Å². The lowest BCUT2D eigenvalue weighted by Gasteiger charge is -2.15. The zero-order chi connectivity index (χ0) is 12.5. The Kier molecular flexibility index (Phi) is 3.43. The molecule has 0 radical (unpaired) electrons. The van der Waals surface area contributed by atoms with Crippen LogP contribution in [0.3, 0.4) is 0 Å². The summed E-state index contributed by atoms with van der Waals surface area (Å²) in [4.78, 5) is 5.52. The number of nitrogens with one attached hydrogen (secondary N) is 1. The van der Waals surface area contributed by atoms with Crippen LogP contribution in [0.2, 0.25) is 4.34 Å². The fraction of sp³-hybridized carbons (Fsp3) is 0.364. The average molecular weight is 303 g/mol. The molecule has 0 bridgehead atoms. The molecule has 0 fully saturated rings. The van der Waals surface area contributed by atoms with Crippen LogP contribution in [0.5, 0.6) is 11.5 Å². The molecule has 7 heteroatoms. The molecule has 2 aromatic heterocycles. The Morgan fingerprint density at radius 2 is 2.17 bits per heavy atom. The van der Waals surface area contributed by atoms with E-state index in [9.17, 15) is 0 Å². The summed E-state index contributed by atoms with van der Waals surface area (Å²) >= 11 is 9.23. The van der Waals surface area contributed by atoms with Crippen LogP contribution >= 0.6 is 34.3 Å². The van der Waals surface area contributed by atoms with Crippen LogP contribution in [-0.4, -0.2) is 25.2 Å². The quantitative estimate of drug-likeness (QED) is 0.946. The highest BCUT2D eigenvalue weighted by molar-refractivity contribution is 7.20. The number of rotatable bonds is 3. The first-order chi connectivity index (χ1) is 8.79. The van der Waals surface area contributed by atoms with Crippen LogP contribution in [0.1, 0.15) is 5.01 Å². The van der Waals surface area contributed by atoms with E-state index in [-0.39, 0.29) is 0 Å². The first-order valence-corrected chi connectivity index (χ1v) is 7.54. The first-order valence-electron chi connectivity index (χ1n) is 5.47. The van der Waals surface area contributed by atoms with Gasteiger partial charge in [-0.15, -0.1) is 22.7 Å². The Morgan fingerprint density at radius 1 is 1.39 bits per heavy atom. The molecule has 0 saturated carbocycles. The Morgan fingerprint density at radius 3 is 2.94 bits per heavy atom. The van der Waals surface area contributed by atoms with Gasteiger partial charge in [-0.3, -0.25) is 0 Å². The minimum absolute atomic E-state index is 0.547. The second-order valence-corrected chi connectivity index (χ2v) is 6.28. The summed E-state index contributed by atoms with van der Waals surface area (Å²) in [7, 11) is 1.90. The molecule has 0 unspecified atom stereocenters. The summed E-state index contributed by atoms with van der Waals surface area (Å²) in [6, 6.07) is 0. The number of aromatic nitrogens is 1. The SMILES string of the molecule is CNCc1nc(-c2sc(Cl)c3c2OCCO3)cs1. The van der Waals surface area contributed by atoms with Crippen LogP contribution in [0.25, 0.3) is 10.6 Å². The molecular formula is C11H11ClN2O2S2. The molecule has 3 rings (SSSR count). The van der Waals surface area contributed by atoms with Crippen LogP contribution in [0.4, 0.5) is 0 Å². The lowest BCUT2D eigenvalue weighted by Crippen LogP contribution is -2.14. The third-order valence-corrected chi connectivity index (χ3v) is 4.69. The monoisotopic (exact) mass is 302 g/mol. The van der Waals surface area contributed by atoms with Gasteiger partial charge in [0.1, 0.15) is 27.4 Å². The van der Waals surface area contributed by atoms with Crippen molar-refractivity contribution in [2.75, 3.05) is 20.3 Å². The molecule has 0 saturated heterocycles. The second-order valence-electron chi connectivity index (χ2n) is 3.72. The van der Waals surface area contributed by atoms with Crippen molar-refractivity contribution in [2.45, 2.75) is 6.54 Å². The highest BCUT2D eigenvalue weighted by atomic mass is 35.5. The molecule has 0 amide bonds. The Labute approximate surface area is 118 Å². The molecule has 2 aromatic rings. The van der Waals surface area contributed by atoms with Gasteiger partial charge < -0.3 is 14.8 Å². The Hall–Kier alpha value is -0.820. The number of ether oxygens (including phenoxy) is 2. The van der Waals surface area contributed by atoms with Gasteiger partial charge in [0, 0.05) is 11.9 Å². The standard InChI is InChI=1S/C11H11ClN2O2S2/c1-13-4-7-14-6(5-17-7)10-8-9(11(12)18-10)16-3-2-15-8/h5,13H,2-4H2,1H3.